The summed E-state index contributed by atoms with van der Waals surface area (Å²) in [7, 11) is 0. The number of hydrogen-bond donors (Lipinski definition) is 2. The Hall–Kier alpha value is -2.40. The maximum Gasteiger partial charge on any atom is 0.335 e. The van der Waals surface area contributed by atoms with E-state index in [1.807, 2.05) is 0 Å². The van der Waals surface area contributed by atoms with Gasteiger partial charge in [0.1, 0.15) is 5.82 Å². The Kier molecular flexibility index (Phi) is 4.23. The summed E-state index contributed by atoms with van der Waals surface area (Å²) in [6.07, 6.45) is 0. The van der Waals surface area contributed by atoms with Gasteiger partial charge in [-0.2, -0.15) is 0 Å². The summed E-state index contributed by atoms with van der Waals surface area (Å²) in [5.41, 5.74) is 0.860. The van der Waals surface area contributed by atoms with Crippen LogP contribution in [-0.4, -0.2) is 17.0 Å². The minimum absolute atomic E-state index is 0.0133. The summed E-state index contributed by atoms with van der Waals surface area (Å²) in [5, 5.41) is 11.4. The Morgan fingerprint density at radius 3 is 2.38 bits per heavy atom. The average Bonchev–Trinajstić information content (AvgIpc) is 2.43. The smallest absolute Gasteiger partial charge is 0.335 e. The number of carbonyl (C=O) groups is 2. The number of aryl methyl sites for hydroxylation is 1. The highest BCUT2D eigenvalue weighted by Gasteiger charge is 2.12. The third-order valence-electron chi connectivity index (χ3n) is 2.90. The van der Waals surface area contributed by atoms with Crippen LogP contribution in [0.3, 0.4) is 0 Å². The molecule has 108 valence electrons. The summed E-state index contributed by atoms with van der Waals surface area (Å²) in [6.45, 7) is 1.60. The third kappa shape index (κ3) is 3.38. The Bertz CT molecular complexity index is 731. The molecule has 4 nitrogen and oxygen atoms in total. The predicted octanol–water partition coefficient (Wildman–Crippen LogP) is 3.74. The molecule has 0 unspecified atom stereocenters. The van der Waals surface area contributed by atoms with E-state index in [9.17, 15) is 14.0 Å². The van der Waals surface area contributed by atoms with Crippen LogP contribution in [0.15, 0.2) is 36.4 Å². The number of carboxylic acid groups (broad SMARTS) is 1. The van der Waals surface area contributed by atoms with E-state index in [0.29, 0.717) is 5.56 Å². The number of halogens is 2. The lowest BCUT2D eigenvalue weighted by molar-refractivity contribution is 0.0696. The van der Waals surface area contributed by atoms with Crippen molar-refractivity contribution in [3.8, 4) is 0 Å². The van der Waals surface area contributed by atoms with Crippen LogP contribution < -0.4 is 5.32 Å². The fourth-order valence-corrected chi connectivity index (χ4v) is 1.91. The lowest BCUT2D eigenvalue weighted by atomic mass is 10.1. The molecule has 2 aromatic carbocycles. The van der Waals surface area contributed by atoms with E-state index >= 15 is 0 Å². The van der Waals surface area contributed by atoms with Crippen molar-refractivity contribution >= 4 is 29.2 Å². The van der Waals surface area contributed by atoms with Crippen molar-refractivity contribution in [2.75, 3.05) is 5.32 Å². The van der Waals surface area contributed by atoms with Gasteiger partial charge in [0, 0.05) is 5.56 Å². The van der Waals surface area contributed by atoms with Crippen molar-refractivity contribution in [3.05, 3.63) is 63.9 Å². The van der Waals surface area contributed by atoms with Crippen molar-refractivity contribution in [3.63, 3.8) is 0 Å². The summed E-state index contributed by atoms with van der Waals surface area (Å²) in [4.78, 5) is 22.8. The minimum atomic E-state index is -1.12. The van der Waals surface area contributed by atoms with Gasteiger partial charge >= 0.3 is 5.97 Å². The highest BCUT2D eigenvalue weighted by Crippen LogP contribution is 2.24. The van der Waals surface area contributed by atoms with E-state index in [4.69, 9.17) is 16.7 Å². The Morgan fingerprint density at radius 1 is 1.14 bits per heavy atom. The van der Waals surface area contributed by atoms with Crippen LogP contribution in [0.2, 0.25) is 5.02 Å². The van der Waals surface area contributed by atoms with Crippen molar-refractivity contribution in [2.45, 2.75) is 6.92 Å². The monoisotopic (exact) mass is 307 g/mol. The number of anilines is 1. The zero-order valence-electron chi connectivity index (χ0n) is 11.0. The lowest BCUT2D eigenvalue weighted by Gasteiger charge is -2.08. The topological polar surface area (TPSA) is 66.4 Å². The van der Waals surface area contributed by atoms with Crippen LogP contribution in [0.1, 0.15) is 26.3 Å². The SMILES string of the molecule is Cc1ccc(C(=O)Nc2ccc(C(=O)O)cc2Cl)cc1F. The summed E-state index contributed by atoms with van der Waals surface area (Å²) in [6, 6.07) is 8.06. The van der Waals surface area contributed by atoms with Crippen molar-refractivity contribution in [1.29, 1.82) is 0 Å². The normalized spacial score (nSPS) is 10.2. The van der Waals surface area contributed by atoms with Crippen LogP contribution in [0.5, 0.6) is 0 Å². The van der Waals surface area contributed by atoms with Gasteiger partial charge in [-0.15, -0.1) is 0 Å². The van der Waals surface area contributed by atoms with E-state index in [0.717, 1.165) is 6.07 Å². The zero-order valence-corrected chi connectivity index (χ0v) is 11.7. The van der Waals surface area contributed by atoms with Gasteiger partial charge in [0.25, 0.3) is 5.91 Å². The molecule has 0 aliphatic carbocycles. The van der Waals surface area contributed by atoms with Gasteiger partial charge in [0.15, 0.2) is 0 Å². The standard InChI is InChI=1S/C15H11ClFNO3/c1-8-2-3-9(7-12(8)17)14(19)18-13-5-4-10(15(20)21)6-11(13)16/h2-7H,1H3,(H,18,19)(H,20,21). The fourth-order valence-electron chi connectivity index (χ4n) is 1.68. The number of nitrogens with one attached hydrogen (secondary N) is 1. The van der Waals surface area contributed by atoms with Crippen LogP contribution in [0, 0.1) is 12.7 Å². The maximum absolute atomic E-state index is 13.4. The molecule has 2 N–H and O–H groups in total. The van der Waals surface area contributed by atoms with Crippen LogP contribution >= 0.6 is 11.6 Å². The van der Waals surface area contributed by atoms with Crippen LogP contribution in [-0.2, 0) is 0 Å². The van der Waals surface area contributed by atoms with E-state index in [2.05, 4.69) is 5.32 Å². The number of hydrogen-bond acceptors (Lipinski definition) is 2. The predicted molar refractivity (Wildman–Crippen MR) is 77.5 cm³/mol. The quantitative estimate of drug-likeness (QED) is 0.907. The lowest BCUT2D eigenvalue weighted by Crippen LogP contribution is -2.13. The van der Waals surface area contributed by atoms with Gasteiger partial charge in [0.05, 0.1) is 16.3 Å². The van der Waals surface area contributed by atoms with Crippen molar-refractivity contribution in [2.24, 2.45) is 0 Å². The molecule has 0 spiro atoms. The first kappa shape index (κ1) is 15.0. The Labute approximate surface area is 125 Å². The second kappa shape index (κ2) is 5.93. The molecule has 0 saturated carbocycles. The molecule has 0 atom stereocenters. The first-order valence-corrected chi connectivity index (χ1v) is 6.36. The average molecular weight is 308 g/mol. The number of carboxylic acids is 1. The summed E-state index contributed by atoms with van der Waals surface area (Å²) >= 11 is 5.91. The van der Waals surface area contributed by atoms with Crippen LogP contribution in [0.25, 0.3) is 0 Å². The molecule has 0 fully saturated rings. The molecule has 2 aromatic rings. The molecular formula is C15H11ClFNO3. The molecule has 1 amide bonds. The van der Waals surface area contributed by atoms with E-state index in [-0.39, 0.29) is 21.8 Å². The maximum atomic E-state index is 13.4. The minimum Gasteiger partial charge on any atom is -0.478 e. The van der Waals surface area contributed by atoms with Gasteiger partial charge < -0.3 is 10.4 Å². The largest absolute Gasteiger partial charge is 0.478 e. The van der Waals surface area contributed by atoms with Gasteiger partial charge in [0.2, 0.25) is 0 Å². The van der Waals surface area contributed by atoms with Gasteiger partial charge in [-0.05, 0) is 42.8 Å². The van der Waals surface area contributed by atoms with Crippen molar-refractivity contribution in [1.82, 2.24) is 0 Å². The van der Waals surface area contributed by atoms with E-state index in [1.54, 1.807) is 6.92 Å². The van der Waals surface area contributed by atoms with E-state index in [1.165, 1.54) is 30.3 Å². The van der Waals surface area contributed by atoms with Gasteiger partial charge in [-0.1, -0.05) is 17.7 Å². The highest BCUT2D eigenvalue weighted by atomic mass is 35.5. The molecule has 0 aliphatic rings. The molecule has 0 saturated heterocycles. The zero-order chi connectivity index (χ0) is 15.6. The number of aromatic carboxylic acids is 1. The number of carbonyl (C=O) groups excluding carboxylic acids is 1. The number of amides is 1. The molecule has 21 heavy (non-hydrogen) atoms. The first-order chi connectivity index (χ1) is 9.88. The summed E-state index contributed by atoms with van der Waals surface area (Å²) < 4.78 is 13.4. The fraction of sp³-hybridized carbons (Fsp3) is 0.0667. The molecule has 0 aromatic heterocycles. The molecule has 6 heteroatoms. The van der Waals surface area contributed by atoms with E-state index < -0.39 is 17.7 Å². The van der Waals surface area contributed by atoms with Crippen LogP contribution in [0.4, 0.5) is 10.1 Å². The summed E-state index contributed by atoms with van der Waals surface area (Å²) in [5.74, 6) is -2.12. The highest BCUT2D eigenvalue weighted by molar-refractivity contribution is 6.34. The third-order valence-corrected chi connectivity index (χ3v) is 3.21. The van der Waals surface area contributed by atoms with Gasteiger partial charge in [-0.25, -0.2) is 9.18 Å². The van der Waals surface area contributed by atoms with Gasteiger partial charge in [-0.3, -0.25) is 4.79 Å². The first-order valence-electron chi connectivity index (χ1n) is 5.99. The second-order valence-electron chi connectivity index (χ2n) is 4.42. The number of benzene rings is 2. The molecule has 0 radical (unpaired) electrons. The molecule has 0 heterocycles. The Balaban J connectivity index is 2.23. The molecule has 0 bridgehead atoms. The Morgan fingerprint density at radius 2 is 1.81 bits per heavy atom. The molecule has 2 rings (SSSR count). The number of rotatable bonds is 3. The molecular weight excluding hydrogens is 297 g/mol. The molecule has 0 aliphatic heterocycles. The second-order valence-corrected chi connectivity index (χ2v) is 4.83. The van der Waals surface area contributed by atoms with Crippen molar-refractivity contribution < 1.29 is 19.1 Å².